The number of benzene rings is 1. The highest BCUT2D eigenvalue weighted by molar-refractivity contribution is 5.83. The number of pyridine rings is 1. The number of aromatic nitrogens is 1. The van der Waals surface area contributed by atoms with Crippen LogP contribution in [0.5, 0.6) is 0 Å². The Morgan fingerprint density at radius 2 is 1.85 bits per heavy atom. The minimum atomic E-state index is -0.599. The Balaban J connectivity index is 1.68. The van der Waals surface area contributed by atoms with E-state index in [1.165, 1.54) is 11.6 Å². The van der Waals surface area contributed by atoms with Crippen molar-refractivity contribution in [3.05, 3.63) is 65.7 Å². The highest BCUT2D eigenvalue weighted by Crippen LogP contribution is 2.24. The molecule has 1 aromatic carbocycles. The summed E-state index contributed by atoms with van der Waals surface area (Å²) in [5.41, 5.74) is 1.66. The predicted octanol–water partition coefficient (Wildman–Crippen LogP) is 2.56. The van der Waals surface area contributed by atoms with E-state index < -0.39 is 6.04 Å². The Labute approximate surface area is 160 Å². The van der Waals surface area contributed by atoms with Crippen LogP contribution in [0.3, 0.4) is 0 Å². The second kappa shape index (κ2) is 9.06. The van der Waals surface area contributed by atoms with Gasteiger partial charge in [-0.15, -0.1) is 0 Å². The standard InChI is InChI=1S/C21H27FN4O/c1-24(2)20(18-6-3-4-7-19(18)22)21(27)26-13-5-12-25(14-15-26)16-17-8-10-23-11-9-17/h3-4,6-11,20H,5,12-16H2,1-2H3. The van der Waals surface area contributed by atoms with Crippen LogP contribution in [0.25, 0.3) is 0 Å². The van der Waals surface area contributed by atoms with Gasteiger partial charge in [0.15, 0.2) is 0 Å². The number of likely N-dealkylation sites (N-methyl/N-ethyl adjacent to an activating group) is 1. The molecule has 0 radical (unpaired) electrons. The zero-order chi connectivity index (χ0) is 19.2. The fraction of sp³-hybridized carbons (Fsp3) is 0.429. The first-order valence-corrected chi connectivity index (χ1v) is 9.37. The molecule has 1 aromatic heterocycles. The van der Waals surface area contributed by atoms with Gasteiger partial charge in [-0.25, -0.2) is 4.39 Å². The quantitative estimate of drug-likeness (QED) is 0.811. The van der Waals surface area contributed by atoms with Crippen LogP contribution in [0.15, 0.2) is 48.8 Å². The van der Waals surface area contributed by atoms with Crippen molar-refractivity contribution in [3.8, 4) is 0 Å². The highest BCUT2D eigenvalue weighted by atomic mass is 19.1. The number of hydrogen-bond donors (Lipinski definition) is 0. The van der Waals surface area contributed by atoms with Crippen molar-refractivity contribution in [1.82, 2.24) is 19.7 Å². The minimum absolute atomic E-state index is 0.0316. The van der Waals surface area contributed by atoms with Gasteiger partial charge in [-0.2, -0.15) is 0 Å². The number of nitrogens with zero attached hydrogens (tertiary/aromatic N) is 4. The lowest BCUT2D eigenvalue weighted by molar-refractivity contribution is -0.136. The lowest BCUT2D eigenvalue weighted by Gasteiger charge is -2.30. The molecule has 27 heavy (non-hydrogen) atoms. The third-order valence-corrected chi connectivity index (χ3v) is 5.01. The third-order valence-electron chi connectivity index (χ3n) is 5.01. The molecule has 5 nitrogen and oxygen atoms in total. The lowest BCUT2D eigenvalue weighted by Crippen LogP contribution is -2.42. The Morgan fingerprint density at radius 3 is 2.56 bits per heavy atom. The maximum absolute atomic E-state index is 14.3. The molecule has 2 aromatic rings. The molecule has 0 N–H and O–H groups in total. The number of rotatable bonds is 5. The van der Waals surface area contributed by atoms with Crippen molar-refractivity contribution in [2.75, 3.05) is 40.3 Å². The maximum atomic E-state index is 14.3. The predicted molar refractivity (Wildman–Crippen MR) is 104 cm³/mol. The maximum Gasteiger partial charge on any atom is 0.244 e. The molecule has 1 fully saturated rings. The fourth-order valence-electron chi connectivity index (χ4n) is 3.60. The summed E-state index contributed by atoms with van der Waals surface area (Å²) in [6.45, 7) is 3.96. The van der Waals surface area contributed by atoms with E-state index in [0.717, 1.165) is 26.1 Å². The summed E-state index contributed by atoms with van der Waals surface area (Å²) < 4.78 is 14.3. The summed E-state index contributed by atoms with van der Waals surface area (Å²) in [4.78, 5) is 23.3. The molecule has 6 heteroatoms. The molecule has 1 amide bonds. The van der Waals surface area contributed by atoms with E-state index >= 15 is 0 Å². The van der Waals surface area contributed by atoms with E-state index in [4.69, 9.17) is 0 Å². The Bertz CT molecular complexity index is 753. The van der Waals surface area contributed by atoms with Crippen molar-refractivity contribution in [2.45, 2.75) is 19.0 Å². The first-order valence-electron chi connectivity index (χ1n) is 9.37. The molecular formula is C21H27FN4O. The second-order valence-electron chi connectivity index (χ2n) is 7.20. The van der Waals surface area contributed by atoms with Crippen LogP contribution in [-0.2, 0) is 11.3 Å². The number of amides is 1. The Morgan fingerprint density at radius 1 is 1.11 bits per heavy atom. The van der Waals surface area contributed by atoms with E-state index in [1.54, 1.807) is 35.5 Å². The summed E-state index contributed by atoms with van der Waals surface area (Å²) in [6.07, 6.45) is 4.52. The molecule has 0 bridgehead atoms. The Hall–Kier alpha value is -2.31. The zero-order valence-electron chi connectivity index (χ0n) is 16.0. The van der Waals surface area contributed by atoms with Crippen LogP contribution in [-0.4, -0.2) is 65.9 Å². The molecule has 1 aliphatic heterocycles. The number of halogens is 1. The van der Waals surface area contributed by atoms with E-state index in [2.05, 4.69) is 9.88 Å². The molecule has 3 rings (SSSR count). The first kappa shape index (κ1) is 19.5. The van der Waals surface area contributed by atoms with Crippen LogP contribution in [0.4, 0.5) is 4.39 Å². The number of carbonyl (C=O) groups excluding carboxylic acids is 1. The second-order valence-corrected chi connectivity index (χ2v) is 7.20. The molecule has 144 valence electrons. The molecule has 0 saturated carbocycles. The van der Waals surface area contributed by atoms with Gasteiger partial charge in [0.05, 0.1) is 0 Å². The number of carbonyl (C=O) groups is 1. The smallest absolute Gasteiger partial charge is 0.244 e. The molecule has 0 spiro atoms. The Kier molecular flexibility index (Phi) is 6.53. The summed E-state index contributed by atoms with van der Waals surface area (Å²) >= 11 is 0. The van der Waals surface area contributed by atoms with E-state index in [0.29, 0.717) is 18.7 Å². The van der Waals surface area contributed by atoms with Crippen molar-refractivity contribution >= 4 is 5.91 Å². The van der Waals surface area contributed by atoms with Crippen LogP contribution in [0.1, 0.15) is 23.6 Å². The van der Waals surface area contributed by atoms with Crippen LogP contribution in [0, 0.1) is 5.82 Å². The van der Waals surface area contributed by atoms with Crippen LogP contribution >= 0.6 is 0 Å². The van der Waals surface area contributed by atoms with Crippen LogP contribution in [0.2, 0.25) is 0 Å². The van der Waals surface area contributed by atoms with E-state index in [9.17, 15) is 9.18 Å². The molecule has 2 heterocycles. The first-order chi connectivity index (χ1) is 13.1. The summed E-state index contributed by atoms with van der Waals surface area (Å²) in [5, 5.41) is 0. The van der Waals surface area contributed by atoms with Gasteiger partial charge in [0.1, 0.15) is 11.9 Å². The largest absolute Gasteiger partial charge is 0.340 e. The molecule has 1 unspecified atom stereocenters. The summed E-state index contributed by atoms with van der Waals surface area (Å²) in [6, 6.07) is 9.99. The van der Waals surface area contributed by atoms with Gasteiger partial charge in [0.25, 0.3) is 0 Å². The summed E-state index contributed by atoms with van der Waals surface area (Å²) in [5.74, 6) is -0.366. The molecular weight excluding hydrogens is 343 g/mol. The van der Waals surface area contributed by atoms with E-state index in [1.807, 2.05) is 31.1 Å². The highest BCUT2D eigenvalue weighted by Gasteiger charge is 2.30. The van der Waals surface area contributed by atoms with Gasteiger partial charge in [0, 0.05) is 50.7 Å². The normalized spacial score (nSPS) is 17.0. The van der Waals surface area contributed by atoms with Gasteiger partial charge >= 0.3 is 0 Å². The van der Waals surface area contributed by atoms with Gasteiger partial charge in [0.2, 0.25) is 5.91 Å². The zero-order valence-corrected chi connectivity index (χ0v) is 16.0. The average molecular weight is 370 g/mol. The monoisotopic (exact) mass is 370 g/mol. The third kappa shape index (κ3) is 4.90. The van der Waals surface area contributed by atoms with Gasteiger partial charge in [-0.3, -0.25) is 19.6 Å². The SMILES string of the molecule is CN(C)C(C(=O)N1CCCN(Cc2ccncc2)CC1)c1ccccc1F. The number of hydrogen-bond acceptors (Lipinski definition) is 4. The van der Waals surface area contributed by atoms with Gasteiger partial charge in [-0.1, -0.05) is 18.2 Å². The minimum Gasteiger partial charge on any atom is -0.340 e. The lowest BCUT2D eigenvalue weighted by atomic mass is 10.0. The summed E-state index contributed by atoms with van der Waals surface area (Å²) in [7, 11) is 3.64. The molecule has 1 saturated heterocycles. The van der Waals surface area contributed by atoms with Crippen molar-refractivity contribution < 1.29 is 9.18 Å². The molecule has 0 aliphatic carbocycles. The molecule has 1 aliphatic rings. The topological polar surface area (TPSA) is 39.7 Å². The van der Waals surface area contributed by atoms with Crippen molar-refractivity contribution in [3.63, 3.8) is 0 Å². The van der Waals surface area contributed by atoms with Crippen LogP contribution < -0.4 is 0 Å². The van der Waals surface area contributed by atoms with Gasteiger partial charge < -0.3 is 4.90 Å². The molecule has 1 atom stereocenters. The van der Waals surface area contributed by atoms with E-state index in [-0.39, 0.29) is 11.7 Å². The fourth-order valence-corrected chi connectivity index (χ4v) is 3.60. The average Bonchev–Trinajstić information content (AvgIpc) is 2.90. The van der Waals surface area contributed by atoms with Crippen molar-refractivity contribution in [1.29, 1.82) is 0 Å². The van der Waals surface area contributed by atoms with Crippen molar-refractivity contribution in [2.24, 2.45) is 0 Å². The van der Waals surface area contributed by atoms with Gasteiger partial charge in [-0.05, 0) is 44.3 Å².